The van der Waals surface area contributed by atoms with Gasteiger partial charge in [-0.05, 0) is 41.0 Å². The fraction of sp³-hybridized carbons (Fsp3) is 0.400. The molecule has 1 amide bonds. The average molecular weight is 270 g/mol. The smallest absolute Gasteiger partial charge is 0.229 e. The SMILES string of the molecule is O=C(Nc1ccc(Br)cn1)C1CCNC1. The van der Waals surface area contributed by atoms with Crippen LogP contribution in [0.5, 0.6) is 0 Å². The Morgan fingerprint density at radius 3 is 3.07 bits per heavy atom. The summed E-state index contributed by atoms with van der Waals surface area (Å²) < 4.78 is 0.906. The van der Waals surface area contributed by atoms with Crippen LogP contribution in [0.25, 0.3) is 0 Å². The van der Waals surface area contributed by atoms with Gasteiger partial charge in [-0.2, -0.15) is 0 Å². The Morgan fingerprint density at radius 1 is 1.60 bits per heavy atom. The molecule has 0 bridgehead atoms. The van der Waals surface area contributed by atoms with Crippen molar-refractivity contribution in [2.45, 2.75) is 6.42 Å². The summed E-state index contributed by atoms with van der Waals surface area (Å²) in [5, 5.41) is 5.96. The Bertz CT molecular complexity index is 346. The Hall–Kier alpha value is -0.940. The number of aromatic nitrogens is 1. The van der Waals surface area contributed by atoms with Gasteiger partial charge in [-0.3, -0.25) is 4.79 Å². The van der Waals surface area contributed by atoms with E-state index in [9.17, 15) is 4.79 Å². The second kappa shape index (κ2) is 4.72. The number of halogens is 1. The van der Waals surface area contributed by atoms with E-state index in [0.29, 0.717) is 5.82 Å². The number of carbonyl (C=O) groups excluding carboxylic acids is 1. The van der Waals surface area contributed by atoms with Crippen LogP contribution in [0.4, 0.5) is 5.82 Å². The van der Waals surface area contributed by atoms with Crippen LogP contribution in [0.2, 0.25) is 0 Å². The van der Waals surface area contributed by atoms with Crippen molar-refractivity contribution in [3.8, 4) is 0 Å². The molecule has 15 heavy (non-hydrogen) atoms. The van der Waals surface area contributed by atoms with Crippen LogP contribution in [0.3, 0.4) is 0 Å². The first kappa shape index (κ1) is 10.6. The van der Waals surface area contributed by atoms with Crippen LogP contribution < -0.4 is 10.6 Å². The van der Waals surface area contributed by atoms with E-state index in [1.807, 2.05) is 6.07 Å². The van der Waals surface area contributed by atoms with Crippen molar-refractivity contribution < 1.29 is 4.79 Å². The van der Waals surface area contributed by atoms with Gasteiger partial charge in [0.2, 0.25) is 5.91 Å². The summed E-state index contributed by atoms with van der Waals surface area (Å²) in [5.41, 5.74) is 0. The van der Waals surface area contributed by atoms with E-state index in [0.717, 1.165) is 24.0 Å². The highest BCUT2D eigenvalue weighted by Crippen LogP contribution is 2.13. The molecular weight excluding hydrogens is 258 g/mol. The molecule has 4 nitrogen and oxygen atoms in total. The first-order chi connectivity index (χ1) is 7.25. The molecule has 80 valence electrons. The molecule has 1 aliphatic rings. The monoisotopic (exact) mass is 269 g/mol. The third-order valence-electron chi connectivity index (χ3n) is 2.41. The normalized spacial score (nSPS) is 20.2. The molecule has 0 aliphatic carbocycles. The van der Waals surface area contributed by atoms with Crippen LogP contribution >= 0.6 is 15.9 Å². The number of hydrogen-bond acceptors (Lipinski definition) is 3. The molecule has 0 aromatic carbocycles. The van der Waals surface area contributed by atoms with E-state index in [2.05, 4.69) is 31.5 Å². The van der Waals surface area contributed by atoms with Gasteiger partial charge in [-0.1, -0.05) is 0 Å². The summed E-state index contributed by atoms with van der Waals surface area (Å²) in [4.78, 5) is 15.8. The highest BCUT2D eigenvalue weighted by Gasteiger charge is 2.22. The predicted octanol–water partition coefficient (Wildman–Crippen LogP) is 1.39. The lowest BCUT2D eigenvalue weighted by molar-refractivity contribution is -0.119. The number of rotatable bonds is 2. The standard InChI is InChI=1S/C10H12BrN3O/c11-8-1-2-9(13-6-8)14-10(15)7-3-4-12-5-7/h1-2,6-7,12H,3-5H2,(H,13,14,15). The Kier molecular flexibility index (Phi) is 3.33. The molecule has 1 aromatic heterocycles. The summed E-state index contributed by atoms with van der Waals surface area (Å²) in [7, 11) is 0. The molecule has 2 N–H and O–H groups in total. The second-order valence-corrected chi connectivity index (χ2v) is 4.46. The number of anilines is 1. The maximum Gasteiger partial charge on any atom is 0.229 e. The van der Waals surface area contributed by atoms with Gasteiger partial charge in [-0.15, -0.1) is 0 Å². The molecular formula is C10H12BrN3O. The van der Waals surface area contributed by atoms with Crippen molar-refractivity contribution in [3.05, 3.63) is 22.8 Å². The summed E-state index contributed by atoms with van der Waals surface area (Å²) in [6.07, 6.45) is 2.57. The zero-order valence-electron chi connectivity index (χ0n) is 8.16. The highest BCUT2D eigenvalue weighted by atomic mass is 79.9. The molecule has 2 heterocycles. The molecule has 1 unspecified atom stereocenters. The average Bonchev–Trinajstić information content (AvgIpc) is 2.74. The number of pyridine rings is 1. The van der Waals surface area contributed by atoms with Gasteiger partial charge >= 0.3 is 0 Å². The minimum Gasteiger partial charge on any atom is -0.316 e. The number of nitrogens with one attached hydrogen (secondary N) is 2. The summed E-state index contributed by atoms with van der Waals surface area (Å²) in [6, 6.07) is 3.64. The van der Waals surface area contributed by atoms with Crippen LogP contribution in [0, 0.1) is 5.92 Å². The Labute approximate surface area is 96.6 Å². The number of amides is 1. The zero-order valence-corrected chi connectivity index (χ0v) is 9.75. The molecule has 0 spiro atoms. The Balaban J connectivity index is 1.96. The van der Waals surface area contributed by atoms with Gasteiger partial charge in [0, 0.05) is 17.2 Å². The van der Waals surface area contributed by atoms with Gasteiger partial charge in [-0.25, -0.2) is 4.98 Å². The molecule has 1 aliphatic heterocycles. The molecule has 0 radical (unpaired) electrons. The summed E-state index contributed by atoms with van der Waals surface area (Å²) in [5.74, 6) is 0.736. The third-order valence-corrected chi connectivity index (χ3v) is 2.88. The summed E-state index contributed by atoms with van der Waals surface area (Å²) >= 11 is 3.29. The largest absolute Gasteiger partial charge is 0.316 e. The van der Waals surface area contributed by atoms with Crippen LogP contribution in [0.1, 0.15) is 6.42 Å². The molecule has 2 rings (SSSR count). The van der Waals surface area contributed by atoms with Gasteiger partial charge in [0.25, 0.3) is 0 Å². The molecule has 5 heteroatoms. The van der Waals surface area contributed by atoms with Crippen LogP contribution in [-0.4, -0.2) is 24.0 Å². The van der Waals surface area contributed by atoms with Crippen molar-refractivity contribution in [3.63, 3.8) is 0 Å². The fourth-order valence-electron chi connectivity index (χ4n) is 1.56. The number of hydrogen-bond donors (Lipinski definition) is 2. The molecule has 1 fully saturated rings. The minimum atomic E-state index is 0.0508. The van der Waals surface area contributed by atoms with E-state index in [4.69, 9.17) is 0 Å². The summed E-state index contributed by atoms with van der Waals surface area (Å²) in [6.45, 7) is 1.69. The van der Waals surface area contributed by atoms with Crippen molar-refractivity contribution >= 4 is 27.7 Å². The molecule has 1 saturated heterocycles. The van der Waals surface area contributed by atoms with E-state index < -0.39 is 0 Å². The maximum atomic E-state index is 11.7. The highest BCUT2D eigenvalue weighted by molar-refractivity contribution is 9.10. The van der Waals surface area contributed by atoms with Crippen molar-refractivity contribution in [1.29, 1.82) is 0 Å². The maximum absolute atomic E-state index is 11.7. The van der Waals surface area contributed by atoms with E-state index >= 15 is 0 Å². The zero-order chi connectivity index (χ0) is 10.7. The lowest BCUT2D eigenvalue weighted by Gasteiger charge is -2.08. The topological polar surface area (TPSA) is 54.0 Å². The third kappa shape index (κ3) is 2.76. The molecule has 1 aromatic rings. The van der Waals surface area contributed by atoms with Crippen molar-refractivity contribution in [2.75, 3.05) is 18.4 Å². The first-order valence-corrected chi connectivity index (χ1v) is 5.68. The van der Waals surface area contributed by atoms with E-state index in [-0.39, 0.29) is 11.8 Å². The number of nitrogens with zero attached hydrogens (tertiary/aromatic N) is 1. The van der Waals surface area contributed by atoms with Gasteiger partial charge in [0.1, 0.15) is 5.82 Å². The first-order valence-electron chi connectivity index (χ1n) is 4.89. The van der Waals surface area contributed by atoms with Gasteiger partial charge in [0.05, 0.1) is 5.92 Å². The lowest BCUT2D eigenvalue weighted by atomic mass is 10.1. The second-order valence-electron chi connectivity index (χ2n) is 3.54. The number of carbonyl (C=O) groups is 1. The van der Waals surface area contributed by atoms with Crippen LogP contribution in [-0.2, 0) is 4.79 Å². The predicted molar refractivity (Wildman–Crippen MR) is 61.5 cm³/mol. The lowest BCUT2D eigenvalue weighted by Crippen LogP contribution is -2.24. The van der Waals surface area contributed by atoms with E-state index in [1.165, 1.54) is 0 Å². The minimum absolute atomic E-state index is 0.0508. The fourth-order valence-corrected chi connectivity index (χ4v) is 1.79. The van der Waals surface area contributed by atoms with Crippen molar-refractivity contribution in [1.82, 2.24) is 10.3 Å². The van der Waals surface area contributed by atoms with E-state index in [1.54, 1.807) is 12.3 Å². The molecule has 1 atom stereocenters. The molecule has 0 saturated carbocycles. The van der Waals surface area contributed by atoms with Crippen molar-refractivity contribution in [2.24, 2.45) is 5.92 Å². The van der Waals surface area contributed by atoms with Gasteiger partial charge in [0.15, 0.2) is 0 Å². The van der Waals surface area contributed by atoms with Gasteiger partial charge < -0.3 is 10.6 Å². The Morgan fingerprint density at radius 2 is 2.47 bits per heavy atom. The van der Waals surface area contributed by atoms with Crippen LogP contribution in [0.15, 0.2) is 22.8 Å². The quantitative estimate of drug-likeness (QED) is 0.854.